The van der Waals surface area contributed by atoms with E-state index in [0.29, 0.717) is 4.88 Å². The average molecular weight is 322 g/mol. The number of carbonyl (C=O) groups excluding carboxylic acids is 1. The maximum atomic E-state index is 12.4. The number of rotatable bonds is 3. The molecule has 3 rings (SSSR count). The highest BCUT2D eigenvalue weighted by Gasteiger charge is 2.23. The molecule has 2 heterocycles. The molecule has 1 aliphatic carbocycles. The van der Waals surface area contributed by atoms with Crippen LogP contribution in [0.25, 0.3) is 10.6 Å². The van der Waals surface area contributed by atoms with E-state index in [1.165, 1.54) is 11.3 Å². The zero-order valence-corrected chi connectivity index (χ0v) is 13.5. The van der Waals surface area contributed by atoms with Gasteiger partial charge in [-0.3, -0.25) is 4.79 Å². The van der Waals surface area contributed by atoms with Crippen LogP contribution in [0.15, 0.2) is 16.8 Å². The largest absolute Gasteiger partial charge is 0.393 e. The van der Waals surface area contributed by atoms with Crippen molar-refractivity contribution in [2.24, 2.45) is 0 Å². The van der Waals surface area contributed by atoms with E-state index in [9.17, 15) is 9.90 Å². The Kier molecular flexibility index (Phi) is 4.37. The Bertz CT molecular complexity index is 614. The van der Waals surface area contributed by atoms with E-state index in [2.05, 4.69) is 10.3 Å². The summed E-state index contributed by atoms with van der Waals surface area (Å²) in [6.07, 6.45) is 3.04. The molecule has 1 amide bonds. The fourth-order valence-corrected chi connectivity index (χ4v) is 4.27. The topological polar surface area (TPSA) is 62.2 Å². The summed E-state index contributed by atoms with van der Waals surface area (Å²) in [7, 11) is 0. The number of carbonyl (C=O) groups is 1. The number of amides is 1. The van der Waals surface area contributed by atoms with Crippen LogP contribution in [-0.2, 0) is 0 Å². The minimum absolute atomic E-state index is 0.0344. The molecule has 0 bridgehead atoms. The Morgan fingerprint density at radius 1 is 1.38 bits per heavy atom. The van der Waals surface area contributed by atoms with Crippen LogP contribution in [0.1, 0.15) is 41.0 Å². The fourth-order valence-electron chi connectivity index (χ4n) is 2.59. The first-order valence-electron chi connectivity index (χ1n) is 7.12. The van der Waals surface area contributed by atoms with Crippen molar-refractivity contribution in [2.45, 2.75) is 44.8 Å². The molecule has 4 nitrogen and oxygen atoms in total. The maximum absolute atomic E-state index is 12.4. The molecule has 21 heavy (non-hydrogen) atoms. The summed E-state index contributed by atoms with van der Waals surface area (Å²) in [5, 5.41) is 17.5. The molecule has 0 aromatic carbocycles. The second-order valence-electron chi connectivity index (χ2n) is 5.42. The number of aliphatic hydroxyl groups is 1. The van der Waals surface area contributed by atoms with E-state index in [1.54, 1.807) is 11.3 Å². The predicted molar refractivity (Wildman–Crippen MR) is 85.9 cm³/mol. The molecule has 0 radical (unpaired) electrons. The van der Waals surface area contributed by atoms with Gasteiger partial charge in [-0.2, -0.15) is 11.3 Å². The highest BCUT2D eigenvalue weighted by Crippen LogP contribution is 2.29. The van der Waals surface area contributed by atoms with Crippen molar-refractivity contribution in [2.75, 3.05) is 0 Å². The summed E-state index contributed by atoms with van der Waals surface area (Å²) in [5.74, 6) is -0.0344. The molecule has 1 fully saturated rings. The third kappa shape index (κ3) is 3.33. The summed E-state index contributed by atoms with van der Waals surface area (Å²) < 4.78 is 0. The number of hydrogen-bond acceptors (Lipinski definition) is 5. The lowest BCUT2D eigenvalue weighted by Crippen LogP contribution is -2.38. The second-order valence-corrected chi connectivity index (χ2v) is 7.20. The summed E-state index contributed by atoms with van der Waals surface area (Å²) in [6.45, 7) is 1.88. The van der Waals surface area contributed by atoms with Gasteiger partial charge in [0.25, 0.3) is 5.91 Å². The van der Waals surface area contributed by atoms with Crippen molar-refractivity contribution in [1.29, 1.82) is 0 Å². The van der Waals surface area contributed by atoms with Crippen molar-refractivity contribution in [3.8, 4) is 10.6 Å². The smallest absolute Gasteiger partial charge is 0.263 e. The molecule has 0 unspecified atom stereocenters. The van der Waals surface area contributed by atoms with Gasteiger partial charge in [-0.1, -0.05) is 0 Å². The number of hydrogen-bond donors (Lipinski definition) is 2. The molecule has 1 saturated carbocycles. The lowest BCUT2D eigenvalue weighted by molar-refractivity contribution is 0.0870. The first-order valence-corrected chi connectivity index (χ1v) is 8.88. The molecule has 0 saturated heterocycles. The first kappa shape index (κ1) is 14.7. The molecule has 2 aromatic rings. The van der Waals surface area contributed by atoms with Gasteiger partial charge in [-0.05, 0) is 44.1 Å². The van der Waals surface area contributed by atoms with E-state index in [1.807, 2.05) is 23.8 Å². The Balaban J connectivity index is 1.70. The summed E-state index contributed by atoms with van der Waals surface area (Å²) >= 11 is 3.08. The molecular weight excluding hydrogens is 304 g/mol. The molecular formula is C15H18N2O2S2. The van der Waals surface area contributed by atoms with Crippen molar-refractivity contribution in [3.05, 3.63) is 27.4 Å². The first-order chi connectivity index (χ1) is 10.1. The van der Waals surface area contributed by atoms with Gasteiger partial charge in [0.15, 0.2) is 0 Å². The minimum atomic E-state index is -0.200. The Morgan fingerprint density at radius 2 is 2.14 bits per heavy atom. The van der Waals surface area contributed by atoms with Gasteiger partial charge in [0.05, 0.1) is 11.8 Å². The van der Waals surface area contributed by atoms with E-state index >= 15 is 0 Å². The fraction of sp³-hybridized carbons (Fsp3) is 0.467. The van der Waals surface area contributed by atoms with Crippen molar-refractivity contribution >= 4 is 28.6 Å². The van der Waals surface area contributed by atoms with Crippen LogP contribution in [0.4, 0.5) is 0 Å². The highest BCUT2D eigenvalue weighted by atomic mass is 32.1. The van der Waals surface area contributed by atoms with Crippen molar-refractivity contribution in [1.82, 2.24) is 10.3 Å². The van der Waals surface area contributed by atoms with Gasteiger partial charge in [-0.15, -0.1) is 11.3 Å². The van der Waals surface area contributed by atoms with Crippen LogP contribution in [0, 0.1) is 6.92 Å². The number of nitrogens with zero attached hydrogens (tertiary/aromatic N) is 1. The van der Waals surface area contributed by atoms with Crippen LogP contribution in [-0.4, -0.2) is 28.1 Å². The molecule has 2 N–H and O–H groups in total. The average Bonchev–Trinajstić information content (AvgIpc) is 3.10. The zero-order valence-electron chi connectivity index (χ0n) is 11.8. The maximum Gasteiger partial charge on any atom is 0.263 e. The summed E-state index contributed by atoms with van der Waals surface area (Å²) in [5.41, 5.74) is 1.86. The molecule has 2 aromatic heterocycles. The zero-order chi connectivity index (χ0) is 14.8. The Morgan fingerprint density at radius 3 is 2.81 bits per heavy atom. The van der Waals surface area contributed by atoms with Crippen molar-refractivity contribution < 1.29 is 9.90 Å². The number of aryl methyl sites for hydroxylation is 1. The van der Waals surface area contributed by atoms with Crippen molar-refractivity contribution in [3.63, 3.8) is 0 Å². The second kappa shape index (κ2) is 6.25. The molecule has 0 atom stereocenters. The minimum Gasteiger partial charge on any atom is -0.393 e. The third-order valence-electron chi connectivity index (χ3n) is 3.80. The van der Waals surface area contributed by atoms with Gasteiger partial charge < -0.3 is 10.4 Å². The van der Waals surface area contributed by atoms with Crippen LogP contribution in [0.3, 0.4) is 0 Å². The van der Waals surface area contributed by atoms with Crippen LogP contribution >= 0.6 is 22.7 Å². The third-order valence-corrected chi connectivity index (χ3v) is 5.69. The van der Waals surface area contributed by atoms with Gasteiger partial charge in [0.2, 0.25) is 0 Å². The Labute approximate surface area is 131 Å². The highest BCUT2D eigenvalue weighted by molar-refractivity contribution is 7.17. The quantitative estimate of drug-likeness (QED) is 0.912. The normalized spacial score (nSPS) is 22.2. The van der Waals surface area contributed by atoms with Crippen LogP contribution < -0.4 is 5.32 Å². The van der Waals surface area contributed by atoms with E-state index in [4.69, 9.17) is 0 Å². The monoisotopic (exact) mass is 322 g/mol. The van der Waals surface area contributed by atoms with Gasteiger partial charge in [0.1, 0.15) is 9.88 Å². The van der Waals surface area contributed by atoms with Gasteiger partial charge in [0, 0.05) is 17.0 Å². The SMILES string of the molecule is Cc1nc(-c2ccsc2)sc1C(=O)NC1CCC(O)CC1. The molecule has 6 heteroatoms. The number of nitrogens with one attached hydrogen (secondary N) is 1. The predicted octanol–water partition coefficient (Wildman–Crippen LogP) is 3.21. The lowest BCUT2D eigenvalue weighted by Gasteiger charge is -2.25. The van der Waals surface area contributed by atoms with E-state index in [0.717, 1.165) is 41.9 Å². The molecule has 112 valence electrons. The number of thiazole rings is 1. The lowest BCUT2D eigenvalue weighted by atomic mass is 9.93. The number of thiophene rings is 1. The van der Waals surface area contributed by atoms with Gasteiger partial charge >= 0.3 is 0 Å². The van der Waals surface area contributed by atoms with E-state index in [-0.39, 0.29) is 18.1 Å². The Hall–Kier alpha value is -1.24. The molecule has 0 spiro atoms. The summed E-state index contributed by atoms with van der Waals surface area (Å²) in [4.78, 5) is 17.6. The van der Waals surface area contributed by atoms with Crippen LogP contribution in [0.5, 0.6) is 0 Å². The van der Waals surface area contributed by atoms with Crippen LogP contribution in [0.2, 0.25) is 0 Å². The standard InChI is InChI=1S/C15H18N2O2S2/c1-9-13(21-15(16-9)10-6-7-20-8-10)14(19)17-11-2-4-12(18)5-3-11/h6-8,11-12,18H,2-5H2,1H3,(H,17,19). The van der Waals surface area contributed by atoms with Gasteiger partial charge in [-0.25, -0.2) is 4.98 Å². The summed E-state index contributed by atoms with van der Waals surface area (Å²) in [6, 6.07) is 2.19. The number of aliphatic hydroxyl groups excluding tert-OH is 1. The molecule has 1 aliphatic rings. The number of aromatic nitrogens is 1. The van der Waals surface area contributed by atoms with E-state index < -0.39 is 0 Å². The molecule has 0 aliphatic heterocycles.